The van der Waals surface area contributed by atoms with E-state index in [0.29, 0.717) is 38.8 Å². The maximum atomic E-state index is 12.8. The molecular weight excluding hydrogens is 392 g/mol. The number of hydrogen-bond acceptors (Lipinski definition) is 5. The van der Waals surface area contributed by atoms with E-state index < -0.39 is 10.0 Å². The zero-order valence-corrected chi connectivity index (χ0v) is 18.3. The summed E-state index contributed by atoms with van der Waals surface area (Å²) in [6, 6.07) is 7.62. The van der Waals surface area contributed by atoms with E-state index in [1.165, 1.54) is 4.31 Å². The van der Waals surface area contributed by atoms with Crippen molar-refractivity contribution in [2.45, 2.75) is 32.1 Å². The lowest BCUT2D eigenvalue weighted by atomic mass is 10.1. The molecule has 1 heterocycles. The summed E-state index contributed by atoms with van der Waals surface area (Å²) < 4.78 is 37.6. The van der Waals surface area contributed by atoms with Gasteiger partial charge in [0.2, 0.25) is 10.0 Å². The second-order valence-corrected chi connectivity index (χ2v) is 8.76. The van der Waals surface area contributed by atoms with E-state index in [9.17, 15) is 8.42 Å². The Balaban J connectivity index is 1.87. The van der Waals surface area contributed by atoms with Crippen LogP contribution in [0.15, 0.2) is 29.3 Å². The normalized spacial score (nSPS) is 16.0. The predicted octanol–water partition coefficient (Wildman–Crippen LogP) is 1.33. The van der Waals surface area contributed by atoms with Crippen molar-refractivity contribution in [1.82, 2.24) is 14.9 Å². The van der Waals surface area contributed by atoms with Crippen LogP contribution >= 0.6 is 0 Å². The molecule has 0 aliphatic carbocycles. The lowest BCUT2D eigenvalue weighted by molar-refractivity contribution is 0.0729. The number of ether oxygens (including phenoxy) is 2. The van der Waals surface area contributed by atoms with Gasteiger partial charge in [-0.25, -0.2) is 8.42 Å². The highest BCUT2D eigenvalue weighted by Gasteiger charge is 2.25. The van der Waals surface area contributed by atoms with E-state index in [1.54, 1.807) is 7.05 Å². The first-order valence-corrected chi connectivity index (χ1v) is 11.8. The molecule has 0 bridgehead atoms. The molecular formula is C20H34N4O4S. The molecule has 0 amide bonds. The van der Waals surface area contributed by atoms with Gasteiger partial charge in [0, 0.05) is 46.4 Å². The minimum absolute atomic E-state index is 0.00564. The Bertz CT molecular complexity index is 734. The van der Waals surface area contributed by atoms with Gasteiger partial charge in [-0.05, 0) is 30.9 Å². The summed E-state index contributed by atoms with van der Waals surface area (Å²) >= 11 is 0. The van der Waals surface area contributed by atoms with Crippen molar-refractivity contribution >= 4 is 16.0 Å². The highest BCUT2D eigenvalue weighted by molar-refractivity contribution is 7.88. The van der Waals surface area contributed by atoms with E-state index >= 15 is 0 Å². The predicted molar refractivity (Wildman–Crippen MR) is 115 cm³/mol. The molecule has 0 radical (unpaired) electrons. The van der Waals surface area contributed by atoms with Crippen molar-refractivity contribution in [3.63, 3.8) is 0 Å². The molecule has 164 valence electrons. The summed E-state index contributed by atoms with van der Waals surface area (Å²) in [4.78, 5) is 4.24. The quantitative estimate of drug-likeness (QED) is 0.315. The standard InChI is InChI=1S/C20H34N4O4S/c1-3-27-13-7-6-10-22-20(21-2)23-16-18-8-4-5-9-19(18)17-29(25,26)24-11-14-28-15-12-24/h4-5,8-9H,3,6-7,10-17H2,1-2H3,(H2,21,22,23). The smallest absolute Gasteiger partial charge is 0.218 e. The Morgan fingerprint density at radius 2 is 1.90 bits per heavy atom. The van der Waals surface area contributed by atoms with E-state index in [2.05, 4.69) is 15.6 Å². The van der Waals surface area contributed by atoms with Crippen LogP contribution in [0.2, 0.25) is 0 Å². The van der Waals surface area contributed by atoms with Gasteiger partial charge >= 0.3 is 0 Å². The Morgan fingerprint density at radius 1 is 1.17 bits per heavy atom. The third-order valence-corrected chi connectivity index (χ3v) is 6.53. The number of benzene rings is 1. The van der Waals surface area contributed by atoms with Crippen LogP contribution in [0, 0.1) is 0 Å². The molecule has 0 aromatic heterocycles. The summed E-state index contributed by atoms with van der Waals surface area (Å²) in [7, 11) is -1.63. The summed E-state index contributed by atoms with van der Waals surface area (Å²) in [5.41, 5.74) is 1.75. The Kier molecular flexibility index (Phi) is 10.4. The van der Waals surface area contributed by atoms with Crippen LogP contribution in [0.5, 0.6) is 0 Å². The van der Waals surface area contributed by atoms with Crippen LogP contribution in [0.3, 0.4) is 0 Å². The van der Waals surface area contributed by atoms with Crippen molar-refractivity contribution in [1.29, 1.82) is 0 Å². The number of nitrogens with zero attached hydrogens (tertiary/aromatic N) is 2. The van der Waals surface area contributed by atoms with Gasteiger partial charge in [0.1, 0.15) is 0 Å². The maximum Gasteiger partial charge on any atom is 0.218 e. The lowest BCUT2D eigenvalue weighted by Gasteiger charge is -2.26. The van der Waals surface area contributed by atoms with Crippen molar-refractivity contribution in [3.8, 4) is 0 Å². The molecule has 8 nitrogen and oxygen atoms in total. The van der Waals surface area contributed by atoms with Gasteiger partial charge in [-0.2, -0.15) is 4.31 Å². The van der Waals surface area contributed by atoms with Crippen LogP contribution in [0.4, 0.5) is 0 Å². The van der Waals surface area contributed by atoms with Gasteiger partial charge in [-0.1, -0.05) is 24.3 Å². The highest BCUT2D eigenvalue weighted by Crippen LogP contribution is 2.16. The number of unbranched alkanes of at least 4 members (excludes halogenated alkanes) is 1. The van der Waals surface area contributed by atoms with E-state index in [-0.39, 0.29) is 5.75 Å². The van der Waals surface area contributed by atoms with Gasteiger partial charge in [0.25, 0.3) is 0 Å². The Labute approximate surface area is 174 Å². The SMILES string of the molecule is CCOCCCCNC(=NC)NCc1ccccc1CS(=O)(=O)N1CCOCC1. The van der Waals surface area contributed by atoms with Crippen molar-refractivity contribution in [3.05, 3.63) is 35.4 Å². The molecule has 1 aliphatic heterocycles. The van der Waals surface area contributed by atoms with Gasteiger partial charge < -0.3 is 20.1 Å². The molecule has 1 saturated heterocycles. The molecule has 0 unspecified atom stereocenters. The number of sulfonamides is 1. The van der Waals surface area contributed by atoms with Gasteiger partial charge in [-0.15, -0.1) is 0 Å². The number of morpholine rings is 1. The first-order chi connectivity index (χ1) is 14.1. The van der Waals surface area contributed by atoms with Gasteiger partial charge in [-0.3, -0.25) is 4.99 Å². The van der Waals surface area contributed by atoms with Crippen molar-refractivity contribution in [2.24, 2.45) is 4.99 Å². The van der Waals surface area contributed by atoms with E-state index in [0.717, 1.165) is 43.7 Å². The monoisotopic (exact) mass is 426 g/mol. The average molecular weight is 427 g/mol. The zero-order valence-electron chi connectivity index (χ0n) is 17.5. The molecule has 0 saturated carbocycles. The van der Waals surface area contributed by atoms with Crippen LogP contribution in [-0.2, 0) is 31.8 Å². The first kappa shape index (κ1) is 23.6. The molecule has 2 N–H and O–H groups in total. The van der Waals surface area contributed by atoms with Crippen LogP contribution < -0.4 is 10.6 Å². The largest absolute Gasteiger partial charge is 0.382 e. The third-order valence-electron chi connectivity index (χ3n) is 4.70. The average Bonchev–Trinajstić information content (AvgIpc) is 2.74. The maximum absolute atomic E-state index is 12.8. The molecule has 1 fully saturated rings. The highest BCUT2D eigenvalue weighted by atomic mass is 32.2. The van der Waals surface area contributed by atoms with E-state index in [1.807, 2.05) is 31.2 Å². The fraction of sp³-hybridized carbons (Fsp3) is 0.650. The summed E-state index contributed by atoms with van der Waals surface area (Å²) in [5, 5.41) is 6.55. The molecule has 0 atom stereocenters. The molecule has 0 spiro atoms. The molecule has 29 heavy (non-hydrogen) atoms. The topological polar surface area (TPSA) is 92.3 Å². The van der Waals surface area contributed by atoms with Crippen molar-refractivity contribution in [2.75, 3.05) is 53.1 Å². The fourth-order valence-electron chi connectivity index (χ4n) is 3.06. The van der Waals surface area contributed by atoms with Crippen LogP contribution in [0.1, 0.15) is 30.9 Å². The molecule has 1 aromatic carbocycles. The number of aliphatic imine (C=N–C) groups is 1. The van der Waals surface area contributed by atoms with Crippen molar-refractivity contribution < 1.29 is 17.9 Å². The van der Waals surface area contributed by atoms with Crippen LogP contribution in [0.25, 0.3) is 0 Å². The third kappa shape index (κ3) is 8.30. The number of nitrogens with one attached hydrogen (secondary N) is 2. The number of hydrogen-bond donors (Lipinski definition) is 2. The Morgan fingerprint density at radius 3 is 2.59 bits per heavy atom. The minimum Gasteiger partial charge on any atom is -0.382 e. The molecule has 1 aliphatic rings. The second kappa shape index (κ2) is 12.8. The molecule has 9 heteroatoms. The van der Waals surface area contributed by atoms with Crippen LogP contribution in [-0.4, -0.2) is 71.8 Å². The second-order valence-electron chi connectivity index (χ2n) is 6.79. The molecule has 1 aromatic rings. The summed E-state index contributed by atoms with van der Waals surface area (Å²) in [5.74, 6) is 0.696. The van der Waals surface area contributed by atoms with E-state index in [4.69, 9.17) is 9.47 Å². The minimum atomic E-state index is -3.36. The zero-order chi connectivity index (χ0) is 21.0. The number of rotatable bonds is 11. The summed E-state index contributed by atoms with van der Waals surface area (Å²) in [6.45, 7) is 6.57. The fourth-order valence-corrected chi connectivity index (χ4v) is 4.63. The number of guanidine groups is 1. The first-order valence-electron chi connectivity index (χ1n) is 10.2. The lowest BCUT2D eigenvalue weighted by Crippen LogP contribution is -2.41. The van der Waals surface area contributed by atoms with Gasteiger partial charge in [0.15, 0.2) is 5.96 Å². The molecule has 2 rings (SSSR count). The Hall–Kier alpha value is -1.68. The van der Waals surface area contributed by atoms with Gasteiger partial charge in [0.05, 0.1) is 19.0 Å². The summed E-state index contributed by atoms with van der Waals surface area (Å²) in [6.07, 6.45) is 2.00.